The number of β-amino-alcohol motifs (C(OH)–C–C–N with tert-alkyl or cyclic N) is 1. The summed E-state index contributed by atoms with van der Waals surface area (Å²) in [4.78, 5) is 14.6. The van der Waals surface area contributed by atoms with E-state index >= 15 is 0 Å². The topological polar surface area (TPSA) is 49.8 Å². The van der Waals surface area contributed by atoms with Gasteiger partial charge in [0.25, 0.3) is 5.91 Å². The number of aliphatic hydroxyl groups is 1. The van der Waals surface area contributed by atoms with Gasteiger partial charge in [-0.2, -0.15) is 0 Å². The molecule has 17 heavy (non-hydrogen) atoms. The molecule has 2 heterocycles. The lowest BCUT2D eigenvalue weighted by Crippen LogP contribution is -2.48. The number of carbonyl (C=O) groups excluding carboxylic acids is 1. The van der Waals surface area contributed by atoms with E-state index in [0.717, 1.165) is 12.8 Å². The Kier molecular flexibility index (Phi) is 3.40. The second kappa shape index (κ2) is 4.66. The van der Waals surface area contributed by atoms with Gasteiger partial charge in [-0.05, 0) is 31.2 Å². The fourth-order valence-electron chi connectivity index (χ4n) is 2.15. The van der Waals surface area contributed by atoms with E-state index in [9.17, 15) is 9.90 Å². The quantitative estimate of drug-likeness (QED) is 0.875. The summed E-state index contributed by atoms with van der Waals surface area (Å²) in [6, 6.07) is 1.79. The molecule has 4 nitrogen and oxygen atoms in total. The molecule has 1 fully saturated rings. The molecular weight excluding hydrogens is 238 g/mol. The van der Waals surface area contributed by atoms with E-state index < -0.39 is 5.60 Å². The molecule has 0 radical (unpaired) electrons. The smallest absolute Gasteiger partial charge is 0.267 e. The fourth-order valence-corrected chi connectivity index (χ4v) is 2.98. The van der Waals surface area contributed by atoms with E-state index in [1.807, 2.05) is 5.38 Å². The molecule has 1 atom stereocenters. The highest BCUT2D eigenvalue weighted by atomic mass is 32.1. The second-order valence-electron chi connectivity index (χ2n) is 4.65. The highest BCUT2D eigenvalue weighted by molar-refractivity contribution is 7.12. The minimum Gasteiger partial charge on any atom is -0.495 e. The van der Waals surface area contributed by atoms with E-state index in [1.165, 1.54) is 11.3 Å². The number of amides is 1. The number of nitrogens with zero attached hydrogens (tertiary/aromatic N) is 1. The maximum absolute atomic E-state index is 12.3. The average Bonchev–Trinajstić information content (AvgIpc) is 2.74. The first-order chi connectivity index (χ1) is 8.03. The van der Waals surface area contributed by atoms with Gasteiger partial charge in [-0.3, -0.25) is 4.79 Å². The van der Waals surface area contributed by atoms with Gasteiger partial charge in [-0.1, -0.05) is 0 Å². The predicted octanol–water partition coefficient (Wildman–Crippen LogP) is 1.74. The van der Waals surface area contributed by atoms with Crippen LogP contribution < -0.4 is 4.74 Å². The normalized spacial score (nSPS) is 24.8. The molecule has 1 amide bonds. The van der Waals surface area contributed by atoms with Crippen molar-refractivity contribution >= 4 is 17.2 Å². The molecule has 1 aliphatic rings. The number of carbonyl (C=O) groups is 1. The van der Waals surface area contributed by atoms with Crippen LogP contribution in [0.3, 0.4) is 0 Å². The molecule has 1 unspecified atom stereocenters. The molecule has 0 spiro atoms. The summed E-state index contributed by atoms with van der Waals surface area (Å²) in [6.45, 7) is 2.88. The summed E-state index contributed by atoms with van der Waals surface area (Å²) in [6.07, 6.45) is 1.59. The summed E-state index contributed by atoms with van der Waals surface area (Å²) in [5, 5.41) is 11.8. The lowest BCUT2D eigenvalue weighted by molar-refractivity contribution is -0.0106. The molecule has 0 bridgehead atoms. The lowest BCUT2D eigenvalue weighted by atomic mass is 9.95. The Morgan fingerprint density at radius 1 is 1.65 bits per heavy atom. The first kappa shape index (κ1) is 12.4. The molecule has 2 rings (SSSR count). The molecule has 5 heteroatoms. The molecule has 1 aromatic heterocycles. The van der Waals surface area contributed by atoms with Gasteiger partial charge in [0.15, 0.2) is 0 Å². The van der Waals surface area contributed by atoms with Crippen LogP contribution in [-0.2, 0) is 0 Å². The largest absolute Gasteiger partial charge is 0.495 e. The standard InChI is InChI=1S/C12H17NO3S/c1-12(15)5-3-6-13(8-12)11(14)10-9(16-2)4-7-17-10/h4,7,15H,3,5-6,8H2,1-2H3. The Bertz CT molecular complexity index is 414. The van der Waals surface area contributed by atoms with Gasteiger partial charge in [-0.25, -0.2) is 0 Å². The third-order valence-corrected chi connectivity index (χ3v) is 3.89. The minimum atomic E-state index is -0.765. The Hall–Kier alpha value is -1.07. The summed E-state index contributed by atoms with van der Waals surface area (Å²) in [5.74, 6) is 0.571. The molecule has 0 aliphatic carbocycles. The summed E-state index contributed by atoms with van der Waals surface area (Å²) in [7, 11) is 1.56. The van der Waals surface area contributed by atoms with Crippen LogP contribution in [0.2, 0.25) is 0 Å². The van der Waals surface area contributed by atoms with Crippen LogP contribution in [0.1, 0.15) is 29.4 Å². The summed E-state index contributed by atoms with van der Waals surface area (Å²) < 4.78 is 5.15. The van der Waals surface area contributed by atoms with E-state index in [4.69, 9.17) is 4.74 Å². The van der Waals surface area contributed by atoms with E-state index in [0.29, 0.717) is 23.7 Å². The SMILES string of the molecule is COc1ccsc1C(=O)N1CCCC(C)(O)C1. The maximum Gasteiger partial charge on any atom is 0.267 e. The van der Waals surface area contributed by atoms with Gasteiger partial charge in [-0.15, -0.1) is 11.3 Å². The van der Waals surface area contributed by atoms with Crippen molar-refractivity contribution in [2.75, 3.05) is 20.2 Å². The molecule has 0 saturated carbocycles. The molecule has 0 aromatic carbocycles. The van der Waals surface area contributed by atoms with Crippen LogP contribution in [0.25, 0.3) is 0 Å². The van der Waals surface area contributed by atoms with Crippen LogP contribution in [0.4, 0.5) is 0 Å². The zero-order valence-electron chi connectivity index (χ0n) is 10.1. The third kappa shape index (κ3) is 2.61. The van der Waals surface area contributed by atoms with Crippen molar-refractivity contribution in [2.45, 2.75) is 25.4 Å². The van der Waals surface area contributed by atoms with Crippen LogP contribution >= 0.6 is 11.3 Å². The number of rotatable bonds is 2. The first-order valence-corrected chi connectivity index (χ1v) is 6.54. The Labute approximate surface area is 105 Å². The van der Waals surface area contributed by atoms with E-state index in [2.05, 4.69) is 0 Å². The molecule has 1 saturated heterocycles. The van der Waals surface area contributed by atoms with Crippen molar-refractivity contribution in [3.63, 3.8) is 0 Å². The maximum atomic E-state index is 12.3. The van der Waals surface area contributed by atoms with Gasteiger partial charge in [0.05, 0.1) is 12.7 Å². The zero-order valence-corrected chi connectivity index (χ0v) is 10.9. The third-order valence-electron chi connectivity index (χ3n) is 3.01. The second-order valence-corrected chi connectivity index (χ2v) is 5.56. The predicted molar refractivity (Wildman–Crippen MR) is 66.6 cm³/mol. The van der Waals surface area contributed by atoms with Crippen molar-refractivity contribution in [1.82, 2.24) is 4.90 Å². The van der Waals surface area contributed by atoms with Crippen LogP contribution in [0.15, 0.2) is 11.4 Å². The highest BCUT2D eigenvalue weighted by Crippen LogP contribution is 2.28. The summed E-state index contributed by atoms with van der Waals surface area (Å²) in [5.41, 5.74) is -0.765. The van der Waals surface area contributed by atoms with Crippen molar-refractivity contribution in [1.29, 1.82) is 0 Å². The average molecular weight is 255 g/mol. The monoisotopic (exact) mass is 255 g/mol. The Morgan fingerprint density at radius 2 is 2.41 bits per heavy atom. The fraction of sp³-hybridized carbons (Fsp3) is 0.583. The number of piperidine rings is 1. The number of ether oxygens (including phenoxy) is 1. The number of thiophene rings is 1. The number of hydrogen-bond acceptors (Lipinski definition) is 4. The van der Waals surface area contributed by atoms with Crippen LogP contribution in [-0.4, -0.2) is 41.7 Å². The highest BCUT2D eigenvalue weighted by Gasteiger charge is 2.32. The molecule has 94 valence electrons. The van der Waals surface area contributed by atoms with E-state index in [1.54, 1.807) is 25.0 Å². The molecular formula is C12H17NO3S. The first-order valence-electron chi connectivity index (χ1n) is 5.67. The molecule has 1 aliphatic heterocycles. The van der Waals surface area contributed by atoms with Gasteiger partial charge < -0.3 is 14.7 Å². The van der Waals surface area contributed by atoms with Crippen molar-refractivity contribution in [2.24, 2.45) is 0 Å². The van der Waals surface area contributed by atoms with Gasteiger partial charge >= 0.3 is 0 Å². The van der Waals surface area contributed by atoms with Crippen LogP contribution in [0, 0.1) is 0 Å². The summed E-state index contributed by atoms with van der Waals surface area (Å²) >= 11 is 1.38. The Morgan fingerprint density at radius 3 is 3.06 bits per heavy atom. The van der Waals surface area contributed by atoms with Crippen molar-refractivity contribution in [3.05, 3.63) is 16.3 Å². The number of methoxy groups -OCH3 is 1. The van der Waals surface area contributed by atoms with Gasteiger partial charge in [0.2, 0.25) is 0 Å². The molecule has 1 aromatic rings. The lowest BCUT2D eigenvalue weighted by Gasteiger charge is -2.36. The van der Waals surface area contributed by atoms with Crippen molar-refractivity contribution in [3.8, 4) is 5.75 Å². The molecule has 1 N–H and O–H groups in total. The number of likely N-dealkylation sites (tertiary alicyclic amines) is 1. The van der Waals surface area contributed by atoms with E-state index in [-0.39, 0.29) is 5.91 Å². The van der Waals surface area contributed by atoms with Crippen molar-refractivity contribution < 1.29 is 14.6 Å². The van der Waals surface area contributed by atoms with Gasteiger partial charge in [0.1, 0.15) is 10.6 Å². The van der Waals surface area contributed by atoms with Crippen LogP contribution in [0.5, 0.6) is 5.75 Å². The number of hydrogen-bond donors (Lipinski definition) is 1. The van der Waals surface area contributed by atoms with Gasteiger partial charge in [0, 0.05) is 13.1 Å². The minimum absolute atomic E-state index is 0.0446. The Balaban J connectivity index is 2.15. The zero-order chi connectivity index (χ0) is 12.5.